The van der Waals surface area contributed by atoms with E-state index in [0.29, 0.717) is 11.1 Å². The number of aromatic amines is 1. The van der Waals surface area contributed by atoms with Gasteiger partial charge in [0.05, 0.1) is 23.9 Å². The van der Waals surface area contributed by atoms with Gasteiger partial charge in [-0.1, -0.05) is 15.9 Å². The van der Waals surface area contributed by atoms with E-state index < -0.39 is 0 Å². The van der Waals surface area contributed by atoms with Crippen LogP contribution in [0.3, 0.4) is 0 Å². The monoisotopic (exact) mass is 319 g/mol. The lowest BCUT2D eigenvalue weighted by Gasteiger charge is -2.12. The Balaban J connectivity index is 1.97. The van der Waals surface area contributed by atoms with Crippen molar-refractivity contribution in [3.8, 4) is 0 Å². The molecule has 2 heterocycles. The first-order chi connectivity index (χ1) is 9.08. The summed E-state index contributed by atoms with van der Waals surface area (Å²) in [5.41, 5.74) is 2.60. The molecule has 3 rings (SSSR count). The molecular formula is C13H10BrN3O2. The summed E-state index contributed by atoms with van der Waals surface area (Å²) in [5.74, 6) is -0.519. The van der Waals surface area contributed by atoms with Crippen molar-refractivity contribution in [1.29, 1.82) is 0 Å². The molecule has 1 N–H and O–H groups in total. The molecule has 0 fully saturated rings. The number of amides is 2. The first-order valence-electron chi connectivity index (χ1n) is 5.72. The number of benzene rings is 1. The number of nitrogens with one attached hydrogen (secondary N) is 1. The van der Waals surface area contributed by atoms with Crippen LogP contribution in [0.15, 0.2) is 28.9 Å². The molecule has 1 aliphatic heterocycles. The van der Waals surface area contributed by atoms with Crippen molar-refractivity contribution < 1.29 is 9.59 Å². The molecule has 0 saturated heterocycles. The summed E-state index contributed by atoms with van der Waals surface area (Å²) < 4.78 is 0.786. The maximum atomic E-state index is 12.3. The van der Waals surface area contributed by atoms with Crippen molar-refractivity contribution in [2.45, 2.75) is 13.5 Å². The van der Waals surface area contributed by atoms with E-state index in [1.54, 1.807) is 24.4 Å². The molecule has 1 aliphatic rings. The molecular weight excluding hydrogens is 310 g/mol. The van der Waals surface area contributed by atoms with Crippen molar-refractivity contribution in [2.75, 3.05) is 0 Å². The van der Waals surface area contributed by atoms with E-state index in [2.05, 4.69) is 26.1 Å². The van der Waals surface area contributed by atoms with Gasteiger partial charge in [0.25, 0.3) is 11.8 Å². The third-order valence-electron chi connectivity index (χ3n) is 3.20. The summed E-state index contributed by atoms with van der Waals surface area (Å²) in [6.07, 6.45) is 1.63. The van der Waals surface area contributed by atoms with E-state index in [-0.39, 0.29) is 18.4 Å². The van der Waals surface area contributed by atoms with Crippen LogP contribution in [-0.4, -0.2) is 26.9 Å². The number of carbonyl (C=O) groups excluding carboxylic acids is 2. The number of rotatable bonds is 2. The van der Waals surface area contributed by atoms with Gasteiger partial charge in [-0.05, 0) is 25.1 Å². The maximum Gasteiger partial charge on any atom is 0.261 e. The highest BCUT2D eigenvalue weighted by molar-refractivity contribution is 9.10. The molecule has 0 aliphatic carbocycles. The van der Waals surface area contributed by atoms with Gasteiger partial charge in [0, 0.05) is 15.7 Å². The Morgan fingerprint density at radius 3 is 2.68 bits per heavy atom. The summed E-state index contributed by atoms with van der Waals surface area (Å²) in [7, 11) is 0. The van der Waals surface area contributed by atoms with E-state index in [1.807, 2.05) is 6.92 Å². The van der Waals surface area contributed by atoms with Crippen molar-refractivity contribution in [1.82, 2.24) is 15.1 Å². The number of halogens is 1. The number of hydrogen-bond donors (Lipinski definition) is 1. The molecule has 96 valence electrons. The van der Waals surface area contributed by atoms with Crippen LogP contribution in [-0.2, 0) is 6.54 Å². The molecule has 0 spiro atoms. The van der Waals surface area contributed by atoms with Crippen LogP contribution >= 0.6 is 15.9 Å². The molecule has 0 radical (unpaired) electrons. The van der Waals surface area contributed by atoms with Crippen LogP contribution in [0.25, 0.3) is 0 Å². The molecule has 1 aromatic carbocycles. The van der Waals surface area contributed by atoms with Gasteiger partial charge in [-0.2, -0.15) is 5.10 Å². The number of H-pyrrole nitrogens is 1. The van der Waals surface area contributed by atoms with Gasteiger partial charge in [-0.25, -0.2) is 0 Å². The van der Waals surface area contributed by atoms with Crippen molar-refractivity contribution in [3.63, 3.8) is 0 Å². The maximum absolute atomic E-state index is 12.3. The van der Waals surface area contributed by atoms with Crippen LogP contribution in [0.5, 0.6) is 0 Å². The minimum atomic E-state index is -0.262. The molecule has 19 heavy (non-hydrogen) atoms. The number of hydrogen-bond acceptors (Lipinski definition) is 3. The smallest absolute Gasteiger partial charge is 0.261 e. The highest BCUT2D eigenvalue weighted by atomic mass is 79.9. The van der Waals surface area contributed by atoms with Crippen molar-refractivity contribution in [2.24, 2.45) is 0 Å². The van der Waals surface area contributed by atoms with Crippen LogP contribution in [0.2, 0.25) is 0 Å². The number of carbonyl (C=O) groups is 2. The largest absolute Gasteiger partial charge is 0.283 e. The fourth-order valence-electron chi connectivity index (χ4n) is 2.11. The third-order valence-corrected chi connectivity index (χ3v) is 3.69. The van der Waals surface area contributed by atoms with E-state index in [4.69, 9.17) is 0 Å². The first kappa shape index (κ1) is 12.1. The van der Waals surface area contributed by atoms with Gasteiger partial charge in [-0.3, -0.25) is 19.6 Å². The molecule has 0 bridgehead atoms. The standard InChI is InChI=1S/C13H10BrN3O2/c1-7-8(5-15-16-7)6-17-12(18)10-3-2-9(14)4-11(10)13(17)19/h2-5H,6H2,1H3,(H,15,16). The molecule has 0 atom stereocenters. The van der Waals surface area contributed by atoms with E-state index in [1.165, 1.54) is 4.90 Å². The summed E-state index contributed by atoms with van der Waals surface area (Å²) >= 11 is 3.31. The number of aryl methyl sites for hydroxylation is 1. The summed E-state index contributed by atoms with van der Waals surface area (Å²) in [4.78, 5) is 25.7. The van der Waals surface area contributed by atoms with E-state index >= 15 is 0 Å². The minimum Gasteiger partial charge on any atom is -0.283 e. The minimum absolute atomic E-state index is 0.242. The Morgan fingerprint density at radius 1 is 1.26 bits per heavy atom. The second-order valence-electron chi connectivity index (χ2n) is 4.41. The lowest BCUT2D eigenvalue weighted by atomic mass is 10.1. The predicted molar refractivity (Wildman–Crippen MR) is 71.7 cm³/mol. The molecule has 2 amide bonds. The number of imide groups is 1. The molecule has 0 saturated carbocycles. The molecule has 2 aromatic rings. The van der Waals surface area contributed by atoms with E-state index in [9.17, 15) is 9.59 Å². The number of nitrogens with zero attached hydrogens (tertiary/aromatic N) is 2. The van der Waals surface area contributed by atoms with Crippen LogP contribution in [0.1, 0.15) is 32.0 Å². The number of aromatic nitrogens is 2. The first-order valence-corrected chi connectivity index (χ1v) is 6.52. The van der Waals surface area contributed by atoms with Gasteiger partial charge in [0.2, 0.25) is 0 Å². The second-order valence-corrected chi connectivity index (χ2v) is 5.32. The third kappa shape index (κ3) is 1.88. The SMILES string of the molecule is Cc1[nH]ncc1CN1C(=O)c2ccc(Br)cc2C1=O. The normalized spacial score (nSPS) is 14.1. The van der Waals surface area contributed by atoms with Crippen LogP contribution < -0.4 is 0 Å². The number of fused-ring (bicyclic) bond motifs is 1. The van der Waals surface area contributed by atoms with Crippen molar-refractivity contribution in [3.05, 3.63) is 51.3 Å². The zero-order chi connectivity index (χ0) is 13.6. The molecule has 6 heteroatoms. The average Bonchev–Trinajstić information content (AvgIpc) is 2.88. The lowest BCUT2D eigenvalue weighted by molar-refractivity contribution is 0.0642. The summed E-state index contributed by atoms with van der Waals surface area (Å²) in [6, 6.07) is 5.11. The summed E-state index contributed by atoms with van der Waals surface area (Å²) in [6.45, 7) is 2.10. The van der Waals surface area contributed by atoms with Crippen LogP contribution in [0, 0.1) is 6.92 Å². The van der Waals surface area contributed by atoms with E-state index in [0.717, 1.165) is 15.7 Å². The Bertz CT molecular complexity index is 693. The van der Waals surface area contributed by atoms with Gasteiger partial charge < -0.3 is 0 Å². The molecule has 5 nitrogen and oxygen atoms in total. The Kier molecular flexibility index (Phi) is 2.74. The highest BCUT2D eigenvalue weighted by Gasteiger charge is 2.35. The Labute approximate surface area is 117 Å². The van der Waals surface area contributed by atoms with Gasteiger partial charge in [0.15, 0.2) is 0 Å². The Morgan fingerprint density at radius 2 is 2.00 bits per heavy atom. The zero-order valence-corrected chi connectivity index (χ0v) is 11.7. The fourth-order valence-corrected chi connectivity index (χ4v) is 2.47. The molecule has 1 aromatic heterocycles. The van der Waals surface area contributed by atoms with Gasteiger partial charge in [0.1, 0.15) is 0 Å². The highest BCUT2D eigenvalue weighted by Crippen LogP contribution is 2.27. The second kappa shape index (κ2) is 4.31. The fraction of sp³-hybridized carbons (Fsp3) is 0.154. The van der Waals surface area contributed by atoms with Crippen molar-refractivity contribution >= 4 is 27.7 Å². The predicted octanol–water partition coefficient (Wildman–Crippen LogP) is 2.28. The van der Waals surface area contributed by atoms with Gasteiger partial charge in [-0.15, -0.1) is 0 Å². The summed E-state index contributed by atoms with van der Waals surface area (Å²) in [5, 5.41) is 6.69. The van der Waals surface area contributed by atoms with Crippen LogP contribution in [0.4, 0.5) is 0 Å². The average molecular weight is 320 g/mol. The quantitative estimate of drug-likeness (QED) is 0.863. The topological polar surface area (TPSA) is 66.1 Å². The lowest BCUT2D eigenvalue weighted by Crippen LogP contribution is -2.29. The zero-order valence-electron chi connectivity index (χ0n) is 10.1. The molecule has 0 unspecified atom stereocenters. The Hall–Kier alpha value is -1.95. The van der Waals surface area contributed by atoms with Gasteiger partial charge >= 0.3 is 0 Å².